The standard InChI is InChI=1S/C21H33N5O2/c1-6-22-21(23-12-11-18-7-9-19(28-5)10-8-18)24-15-20-16(2)25-26(17(20)3)13-14-27-4/h7-10H,6,11-15H2,1-5H3,(H2,22,23,24). The Kier molecular flexibility index (Phi) is 8.81. The van der Waals surface area contributed by atoms with Crippen molar-refractivity contribution in [2.45, 2.75) is 40.3 Å². The number of aromatic nitrogens is 2. The Hall–Kier alpha value is -2.54. The predicted octanol–water partition coefficient (Wildman–Crippen LogP) is 2.45. The molecule has 0 aliphatic rings. The fraction of sp³-hybridized carbons (Fsp3) is 0.524. The molecule has 1 heterocycles. The summed E-state index contributed by atoms with van der Waals surface area (Å²) in [5.41, 5.74) is 4.59. The average molecular weight is 388 g/mol. The average Bonchev–Trinajstić information content (AvgIpc) is 2.98. The summed E-state index contributed by atoms with van der Waals surface area (Å²) in [5, 5.41) is 11.3. The van der Waals surface area contributed by atoms with Crippen molar-refractivity contribution in [3.8, 4) is 5.75 Å². The third-order valence-electron chi connectivity index (χ3n) is 4.64. The molecule has 0 saturated heterocycles. The van der Waals surface area contributed by atoms with Gasteiger partial charge in [-0.1, -0.05) is 12.1 Å². The van der Waals surface area contributed by atoms with Crippen LogP contribution in [-0.2, 0) is 24.2 Å². The Morgan fingerprint density at radius 3 is 2.54 bits per heavy atom. The van der Waals surface area contributed by atoms with Gasteiger partial charge in [-0.2, -0.15) is 5.10 Å². The van der Waals surface area contributed by atoms with Crippen LogP contribution in [0.1, 0.15) is 29.4 Å². The van der Waals surface area contributed by atoms with Gasteiger partial charge in [-0.05, 0) is 44.9 Å². The third-order valence-corrected chi connectivity index (χ3v) is 4.64. The molecule has 1 aromatic carbocycles. The zero-order valence-electron chi connectivity index (χ0n) is 17.7. The van der Waals surface area contributed by atoms with Gasteiger partial charge in [-0.25, -0.2) is 4.99 Å². The van der Waals surface area contributed by atoms with E-state index in [2.05, 4.69) is 41.7 Å². The van der Waals surface area contributed by atoms with E-state index < -0.39 is 0 Å². The highest BCUT2D eigenvalue weighted by Gasteiger charge is 2.11. The van der Waals surface area contributed by atoms with Gasteiger partial charge in [0.1, 0.15) is 5.75 Å². The smallest absolute Gasteiger partial charge is 0.191 e. The molecule has 1 aromatic heterocycles. The first kappa shape index (κ1) is 21.8. The van der Waals surface area contributed by atoms with Gasteiger partial charge in [0.15, 0.2) is 5.96 Å². The molecule has 0 unspecified atom stereocenters. The number of aryl methyl sites for hydroxylation is 1. The zero-order chi connectivity index (χ0) is 20.4. The topological polar surface area (TPSA) is 72.7 Å². The van der Waals surface area contributed by atoms with Gasteiger partial charge in [0.25, 0.3) is 0 Å². The summed E-state index contributed by atoms with van der Waals surface area (Å²) in [4.78, 5) is 4.75. The van der Waals surface area contributed by atoms with Crippen LogP contribution in [0.4, 0.5) is 0 Å². The van der Waals surface area contributed by atoms with Crippen molar-refractivity contribution in [3.05, 3.63) is 46.8 Å². The normalized spacial score (nSPS) is 11.5. The first-order valence-electron chi connectivity index (χ1n) is 9.76. The fourth-order valence-electron chi connectivity index (χ4n) is 2.98. The van der Waals surface area contributed by atoms with Crippen LogP contribution in [0.5, 0.6) is 5.75 Å². The highest BCUT2D eigenvalue weighted by Crippen LogP contribution is 2.14. The number of methoxy groups -OCH3 is 2. The lowest BCUT2D eigenvalue weighted by Gasteiger charge is -2.12. The molecular weight excluding hydrogens is 354 g/mol. The van der Waals surface area contributed by atoms with E-state index in [0.717, 1.165) is 49.2 Å². The van der Waals surface area contributed by atoms with Crippen molar-refractivity contribution in [2.75, 3.05) is 33.9 Å². The number of hydrogen-bond acceptors (Lipinski definition) is 4. The molecule has 0 radical (unpaired) electrons. The molecule has 0 aliphatic carbocycles. The highest BCUT2D eigenvalue weighted by atomic mass is 16.5. The van der Waals surface area contributed by atoms with E-state index in [-0.39, 0.29) is 0 Å². The lowest BCUT2D eigenvalue weighted by Crippen LogP contribution is -2.38. The van der Waals surface area contributed by atoms with Crippen LogP contribution in [0, 0.1) is 13.8 Å². The molecular formula is C21H33N5O2. The molecule has 0 atom stereocenters. The molecule has 2 rings (SSSR count). The molecule has 0 spiro atoms. The Bertz CT molecular complexity index is 753. The Morgan fingerprint density at radius 1 is 1.14 bits per heavy atom. The van der Waals surface area contributed by atoms with Crippen molar-refractivity contribution in [3.63, 3.8) is 0 Å². The van der Waals surface area contributed by atoms with Crippen LogP contribution in [0.3, 0.4) is 0 Å². The molecule has 0 fully saturated rings. The maximum absolute atomic E-state index is 5.20. The maximum atomic E-state index is 5.20. The van der Waals surface area contributed by atoms with Crippen molar-refractivity contribution < 1.29 is 9.47 Å². The fourth-order valence-corrected chi connectivity index (χ4v) is 2.98. The van der Waals surface area contributed by atoms with Crippen LogP contribution in [0.15, 0.2) is 29.3 Å². The number of nitrogens with zero attached hydrogens (tertiary/aromatic N) is 3. The van der Waals surface area contributed by atoms with E-state index in [4.69, 9.17) is 14.5 Å². The molecule has 7 nitrogen and oxygen atoms in total. The van der Waals surface area contributed by atoms with E-state index in [9.17, 15) is 0 Å². The Labute approximate surface area is 168 Å². The van der Waals surface area contributed by atoms with Crippen molar-refractivity contribution >= 4 is 5.96 Å². The first-order valence-corrected chi connectivity index (χ1v) is 9.76. The summed E-state index contributed by atoms with van der Waals surface area (Å²) in [6.07, 6.45) is 0.918. The number of benzene rings is 1. The number of aliphatic imine (C=N–C) groups is 1. The molecule has 154 valence electrons. The largest absolute Gasteiger partial charge is 0.497 e. The Balaban J connectivity index is 1.95. The van der Waals surface area contributed by atoms with E-state index in [1.165, 1.54) is 11.1 Å². The van der Waals surface area contributed by atoms with Crippen molar-refractivity contribution in [1.82, 2.24) is 20.4 Å². The van der Waals surface area contributed by atoms with E-state index in [1.807, 2.05) is 23.7 Å². The molecule has 7 heteroatoms. The quantitative estimate of drug-likeness (QED) is 0.484. The Morgan fingerprint density at radius 2 is 1.89 bits per heavy atom. The van der Waals surface area contributed by atoms with Gasteiger partial charge >= 0.3 is 0 Å². The van der Waals surface area contributed by atoms with E-state index >= 15 is 0 Å². The number of ether oxygens (including phenoxy) is 2. The number of guanidine groups is 1. The molecule has 0 amide bonds. The SMILES string of the molecule is CCNC(=NCc1c(C)nn(CCOC)c1C)NCCc1ccc(OC)cc1. The zero-order valence-corrected chi connectivity index (χ0v) is 17.7. The molecule has 2 N–H and O–H groups in total. The second kappa shape index (κ2) is 11.3. The summed E-state index contributed by atoms with van der Waals surface area (Å²) >= 11 is 0. The summed E-state index contributed by atoms with van der Waals surface area (Å²) in [6, 6.07) is 8.15. The summed E-state index contributed by atoms with van der Waals surface area (Å²) in [6.45, 7) is 9.83. The number of nitrogens with one attached hydrogen (secondary N) is 2. The van der Waals surface area contributed by atoms with E-state index in [0.29, 0.717) is 13.2 Å². The van der Waals surface area contributed by atoms with Crippen LogP contribution in [0.2, 0.25) is 0 Å². The van der Waals surface area contributed by atoms with Gasteiger partial charge in [0, 0.05) is 31.5 Å². The van der Waals surface area contributed by atoms with Gasteiger partial charge in [0.2, 0.25) is 0 Å². The minimum atomic E-state index is 0.600. The lowest BCUT2D eigenvalue weighted by atomic mass is 10.1. The monoisotopic (exact) mass is 387 g/mol. The minimum absolute atomic E-state index is 0.600. The highest BCUT2D eigenvalue weighted by molar-refractivity contribution is 5.79. The lowest BCUT2D eigenvalue weighted by molar-refractivity contribution is 0.182. The molecule has 0 aliphatic heterocycles. The predicted molar refractivity (Wildman–Crippen MR) is 113 cm³/mol. The molecule has 0 bridgehead atoms. The van der Waals surface area contributed by atoms with Crippen LogP contribution in [-0.4, -0.2) is 49.7 Å². The van der Waals surface area contributed by atoms with E-state index in [1.54, 1.807) is 14.2 Å². The minimum Gasteiger partial charge on any atom is -0.497 e. The first-order chi connectivity index (χ1) is 13.6. The summed E-state index contributed by atoms with van der Waals surface area (Å²) in [5.74, 6) is 1.70. The second-order valence-electron chi connectivity index (χ2n) is 6.59. The van der Waals surface area contributed by atoms with Gasteiger partial charge < -0.3 is 20.1 Å². The molecule has 28 heavy (non-hydrogen) atoms. The summed E-state index contributed by atoms with van der Waals surface area (Å²) in [7, 11) is 3.39. The van der Waals surface area contributed by atoms with Crippen LogP contribution in [0.25, 0.3) is 0 Å². The molecule has 2 aromatic rings. The van der Waals surface area contributed by atoms with Gasteiger partial charge in [-0.15, -0.1) is 0 Å². The van der Waals surface area contributed by atoms with Crippen LogP contribution >= 0.6 is 0 Å². The number of rotatable bonds is 10. The van der Waals surface area contributed by atoms with Gasteiger partial charge in [0.05, 0.1) is 32.5 Å². The van der Waals surface area contributed by atoms with Gasteiger partial charge in [-0.3, -0.25) is 4.68 Å². The molecule has 0 saturated carbocycles. The second-order valence-corrected chi connectivity index (χ2v) is 6.59. The third kappa shape index (κ3) is 6.27. The van der Waals surface area contributed by atoms with Crippen LogP contribution < -0.4 is 15.4 Å². The number of hydrogen-bond donors (Lipinski definition) is 2. The summed E-state index contributed by atoms with van der Waals surface area (Å²) < 4.78 is 12.4. The maximum Gasteiger partial charge on any atom is 0.191 e. The van der Waals surface area contributed by atoms with Crippen molar-refractivity contribution in [2.24, 2.45) is 4.99 Å². The van der Waals surface area contributed by atoms with Crippen molar-refractivity contribution in [1.29, 1.82) is 0 Å².